The number of nitrogens with zero attached hydrogens (tertiary/aromatic N) is 2. The molecule has 1 fully saturated rings. The Hall–Kier alpha value is -3.43. The number of hydrogen-bond donors (Lipinski definition) is 2. The van der Waals surface area contributed by atoms with Crippen molar-refractivity contribution in [1.29, 1.82) is 0 Å². The van der Waals surface area contributed by atoms with Gasteiger partial charge in [-0.25, -0.2) is 10.3 Å². The van der Waals surface area contributed by atoms with E-state index in [1.54, 1.807) is 31.3 Å². The molecule has 156 valence electrons. The summed E-state index contributed by atoms with van der Waals surface area (Å²) in [5.74, 6) is -0.717. The van der Waals surface area contributed by atoms with Gasteiger partial charge in [0.05, 0.1) is 30.8 Å². The lowest BCUT2D eigenvalue weighted by atomic mass is 10.1. The minimum atomic E-state index is -0.587. The SMILES string of the molecule is CNOCCNc1ccc(N2CC(CN3C(=O)c4ccccc4C3=O)OC2=O)cc1. The summed E-state index contributed by atoms with van der Waals surface area (Å²) in [6, 6.07) is 14.0. The summed E-state index contributed by atoms with van der Waals surface area (Å²) < 4.78 is 5.41. The molecule has 4 rings (SSSR count). The van der Waals surface area contributed by atoms with Gasteiger partial charge in [-0.3, -0.25) is 19.4 Å². The van der Waals surface area contributed by atoms with Crippen molar-refractivity contribution in [2.45, 2.75) is 6.10 Å². The summed E-state index contributed by atoms with van der Waals surface area (Å²) in [7, 11) is 1.70. The predicted molar refractivity (Wildman–Crippen MR) is 109 cm³/mol. The number of amides is 3. The number of cyclic esters (lactones) is 1. The molecule has 2 aromatic rings. The van der Waals surface area contributed by atoms with Gasteiger partial charge in [-0.15, -0.1) is 0 Å². The van der Waals surface area contributed by atoms with Gasteiger partial charge >= 0.3 is 6.09 Å². The van der Waals surface area contributed by atoms with Crippen molar-refractivity contribution < 1.29 is 24.0 Å². The van der Waals surface area contributed by atoms with Crippen LogP contribution in [0, 0.1) is 0 Å². The second-order valence-electron chi connectivity index (χ2n) is 6.91. The van der Waals surface area contributed by atoms with Gasteiger partial charge in [0.1, 0.15) is 6.10 Å². The molecule has 2 heterocycles. The van der Waals surface area contributed by atoms with E-state index < -0.39 is 12.2 Å². The first-order chi connectivity index (χ1) is 14.6. The topological polar surface area (TPSA) is 100 Å². The molecule has 0 aromatic heterocycles. The summed E-state index contributed by atoms with van der Waals surface area (Å²) in [5.41, 5.74) is 4.94. The molecular formula is C21H22N4O5. The zero-order chi connectivity index (χ0) is 21.1. The van der Waals surface area contributed by atoms with Crippen molar-refractivity contribution >= 4 is 29.3 Å². The summed E-state index contributed by atoms with van der Waals surface area (Å²) in [6.07, 6.45) is -1.09. The Kier molecular flexibility index (Phi) is 5.64. The number of fused-ring (bicyclic) bond motifs is 1. The highest BCUT2D eigenvalue weighted by atomic mass is 16.6. The normalized spacial score (nSPS) is 18.0. The Morgan fingerprint density at radius 3 is 2.33 bits per heavy atom. The van der Waals surface area contributed by atoms with Gasteiger partial charge < -0.3 is 14.9 Å². The fourth-order valence-corrected chi connectivity index (χ4v) is 3.54. The van der Waals surface area contributed by atoms with Crippen molar-refractivity contribution in [3.05, 3.63) is 59.7 Å². The third-order valence-corrected chi connectivity index (χ3v) is 5.00. The highest BCUT2D eigenvalue weighted by Crippen LogP contribution is 2.27. The Balaban J connectivity index is 1.37. The first-order valence-corrected chi connectivity index (χ1v) is 9.64. The molecule has 2 aromatic carbocycles. The number of rotatable bonds is 8. The largest absolute Gasteiger partial charge is 0.442 e. The fraction of sp³-hybridized carbons (Fsp3) is 0.286. The van der Waals surface area contributed by atoms with Gasteiger partial charge in [0, 0.05) is 25.0 Å². The molecule has 2 aliphatic rings. The quantitative estimate of drug-likeness (QED) is 0.389. The molecule has 0 bridgehead atoms. The zero-order valence-electron chi connectivity index (χ0n) is 16.5. The number of ether oxygens (including phenoxy) is 1. The number of anilines is 2. The van der Waals surface area contributed by atoms with E-state index >= 15 is 0 Å². The van der Waals surface area contributed by atoms with E-state index in [1.165, 1.54) is 4.90 Å². The summed E-state index contributed by atoms with van der Waals surface area (Å²) in [6.45, 7) is 1.43. The number of hydrogen-bond acceptors (Lipinski definition) is 7. The smallest absolute Gasteiger partial charge is 0.414 e. The molecule has 0 spiro atoms. The number of benzene rings is 2. The third kappa shape index (κ3) is 3.85. The number of nitrogens with one attached hydrogen (secondary N) is 2. The molecule has 0 saturated carbocycles. The van der Waals surface area contributed by atoms with Gasteiger partial charge in [-0.05, 0) is 36.4 Å². The second kappa shape index (κ2) is 8.52. The van der Waals surface area contributed by atoms with Gasteiger partial charge in [0.15, 0.2) is 0 Å². The third-order valence-electron chi connectivity index (χ3n) is 5.00. The number of carbonyl (C=O) groups excluding carboxylic acids is 3. The van der Waals surface area contributed by atoms with Crippen LogP contribution in [0.4, 0.5) is 16.2 Å². The van der Waals surface area contributed by atoms with Crippen LogP contribution in [0.3, 0.4) is 0 Å². The highest BCUT2D eigenvalue weighted by Gasteiger charge is 2.40. The van der Waals surface area contributed by atoms with Crippen molar-refractivity contribution in [3.63, 3.8) is 0 Å². The standard InChI is InChI=1S/C21H22N4O5/c1-22-29-11-10-23-14-6-8-15(9-7-14)24-12-16(30-21(24)28)13-25-19(26)17-4-2-3-5-18(17)20(25)27/h2-9,16,22-23H,10-13H2,1H3. The molecule has 1 saturated heterocycles. The van der Waals surface area contributed by atoms with E-state index in [-0.39, 0.29) is 24.9 Å². The van der Waals surface area contributed by atoms with Crippen LogP contribution in [0.2, 0.25) is 0 Å². The van der Waals surface area contributed by atoms with Crippen LogP contribution in [0.15, 0.2) is 48.5 Å². The highest BCUT2D eigenvalue weighted by molar-refractivity contribution is 6.21. The molecule has 30 heavy (non-hydrogen) atoms. The molecule has 0 aliphatic carbocycles. The van der Waals surface area contributed by atoms with E-state index in [2.05, 4.69) is 10.8 Å². The molecule has 1 atom stereocenters. The van der Waals surface area contributed by atoms with Gasteiger partial charge in [0.25, 0.3) is 11.8 Å². The van der Waals surface area contributed by atoms with Gasteiger partial charge in [-0.2, -0.15) is 0 Å². The van der Waals surface area contributed by atoms with E-state index in [9.17, 15) is 14.4 Å². The van der Waals surface area contributed by atoms with Crippen LogP contribution >= 0.6 is 0 Å². The Bertz CT molecular complexity index is 927. The van der Waals surface area contributed by atoms with Gasteiger partial charge in [0.2, 0.25) is 0 Å². The number of hydroxylamine groups is 1. The predicted octanol–water partition coefficient (Wildman–Crippen LogP) is 1.87. The van der Waals surface area contributed by atoms with Crippen molar-refractivity contribution in [2.24, 2.45) is 0 Å². The molecule has 9 nitrogen and oxygen atoms in total. The number of imide groups is 1. The molecule has 1 unspecified atom stereocenters. The lowest BCUT2D eigenvalue weighted by Crippen LogP contribution is -2.38. The first-order valence-electron chi connectivity index (χ1n) is 9.64. The van der Waals surface area contributed by atoms with Crippen LogP contribution < -0.4 is 15.7 Å². The maximum absolute atomic E-state index is 12.5. The summed E-state index contributed by atoms with van der Waals surface area (Å²) in [4.78, 5) is 45.1. The average molecular weight is 410 g/mol. The average Bonchev–Trinajstić information content (AvgIpc) is 3.25. The molecule has 3 amide bonds. The van der Waals surface area contributed by atoms with Crippen molar-refractivity contribution in [1.82, 2.24) is 10.4 Å². The van der Waals surface area contributed by atoms with Crippen LogP contribution in [-0.4, -0.2) is 62.2 Å². The first kappa shape index (κ1) is 19.9. The minimum absolute atomic E-state index is 0.0275. The lowest BCUT2D eigenvalue weighted by molar-refractivity contribution is 0.0558. The molecule has 9 heteroatoms. The van der Waals surface area contributed by atoms with E-state index in [1.807, 2.05) is 24.3 Å². The van der Waals surface area contributed by atoms with Crippen LogP contribution in [0.5, 0.6) is 0 Å². The molecular weight excluding hydrogens is 388 g/mol. The summed E-state index contributed by atoms with van der Waals surface area (Å²) >= 11 is 0. The molecule has 2 aliphatic heterocycles. The fourth-order valence-electron chi connectivity index (χ4n) is 3.54. The zero-order valence-corrected chi connectivity index (χ0v) is 16.5. The van der Waals surface area contributed by atoms with Crippen molar-refractivity contribution in [2.75, 3.05) is 43.5 Å². The lowest BCUT2D eigenvalue weighted by Gasteiger charge is -2.17. The Labute approximate surface area is 173 Å². The number of carbonyl (C=O) groups is 3. The second-order valence-corrected chi connectivity index (χ2v) is 6.91. The van der Waals surface area contributed by atoms with E-state index in [0.717, 1.165) is 10.6 Å². The van der Waals surface area contributed by atoms with Crippen LogP contribution in [0.25, 0.3) is 0 Å². The Morgan fingerprint density at radius 2 is 1.70 bits per heavy atom. The van der Waals surface area contributed by atoms with Gasteiger partial charge in [-0.1, -0.05) is 12.1 Å². The van der Waals surface area contributed by atoms with Crippen LogP contribution in [-0.2, 0) is 9.57 Å². The Morgan fingerprint density at radius 1 is 1.03 bits per heavy atom. The van der Waals surface area contributed by atoms with Crippen molar-refractivity contribution in [3.8, 4) is 0 Å². The summed E-state index contributed by atoms with van der Waals surface area (Å²) in [5, 5.41) is 3.20. The maximum atomic E-state index is 12.5. The monoisotopic (exact) mass is 410 g/mol. The van der Waals surface area contributed by atoms with E-state index in [4.69, 9.17) is 9.57 Å². The minimum Gasteiger partial charge on any atom is -0.442 e. The molecule has 0 radical (unpaired) electrons. The maximum Gasteiger partial charge on any atom is 0.414 e. The van der Waals surface area contributed by atoms with E-state index in [0.29, 0.717) is 30.0 Å². The van der Waals surface area contributed by atoms with Crippen LogP contribution in [0.1, 0.15) is 20.7 Å². The molecule has 2 N–H and O–H groups in total.